The largest absolute Gasteiger partial charge is 0.484 e. The van der Waals surface area contributed by atoms with Crippen LogP contribution in [-0.4, -0.2) is 28.8 Å². The first-order chi connectivity index (χ1) is 12.1. The Morgan fingerprint density at radius 3 is 2.84 bits per heavy atom. The van der Waals surface area contributed by atoms with Crippen molar-refractivity contribution in [1.29, 1.82) is 0 Å². The summed E-state index contributed by atoms with van der Waals surface area (Å²) in [5.74, 6) is 0.446. The zero-order valence-electron chi connectivity index (χ0n) is 13.7. The molecule has 0 radical (unpaired) electrons. The Hall–Kier alpha value is -2.31. The van der Waals surface area contributed by atoms with Crippen molar-refractivity contribution in [2.45, 2.75) is 13.5 Å². The molecule has 0 unspecified atom stereocenters. The van der Waals surface area contributed by atoms with E-state index in [-0.39, 0.29) is 12.5 Å². The first-order valence-electron chi connectivity index (χ1n) is 7.85. The maximum atomic E-state index is 11.9. The summed E-state index contributed by atoms with van der Waals surface area (Å²) in [5.41, 5.74) is 2.03. The Kier molecular flexibility index (Phi) is 5.73. The minimum atomic E-state index is -0.168. The van der Waals surface area contributed by atoms with Crippen molar-refractivity contribution in [2.75, 3.05) is 13.2 Å². The first-order valence-corrected chi connectivity index (χ1v) is 9.11. The lowest BCUT2D eigenvalue weighted by Gasteiger charge is -2.08. The average Bonchev–Trinajstić information content (AvgIpc) is 3.25. The van der Waals surface area contributed by atoms with E-state index in [2.05, 4.69) is 16.5 Å². The van der Waals surface area contributed by atoms with E-state index in [9.17, 15) is 4.79 Å². The molecule has 1 aromatic carbocycles. The number of aromatic nitrogens is 2. The Morgan fingerprint density at radius 2 is 2.12 bits per heavy atom. The van der Waals surface area contributed by atoms with Gasteiger partial charge in [-0.2, -0.15) is 5.10 Å². The van der Waals surface area contributed by atoms with Crippen molar-refractivity contribution in [1.82, 2.24) is 15.1 Å². The SMILES string of the molecule is Cc1cc(-c2cccs2)nn1CCNC(=O)COc1ccc(Cl)cc1. The van der Waals surface area contributed by atoms with Crippen molar-refractivity contribution >= 4 is 28.8 Å². The smallest absolute Gasteiger partial charge is 0.258 e. The minimum absolute atomic E-state index is 0.0276. The maximum Gasteiger partial charge on any atom is 0.258 e. The molecule has 7 heteroatoms. The highest BCUT2D eigenvalue weighted by molar-refractivity contribution is 7.13. The number of hydrogen-bond acceptors (Lipinski definition) is 4. The fourth-order valence-corrected chi connectivity index (χ4v) is 3.12. The van der Waals surface area contributed by atoms with Gasteiger partial charge in [0.05, 0.1) is 11.4 Å². The third-order valence-electron chi connectivity index (χ3n) is 3.58. The summed E-state index contributed by atoms with van der Waals surface area (Å²) in [7, 11) is 0. The van der Waals surface area contributed by atoms with Gasteiger partial charge in [0, 0.05) is 17.3 Å². The van der Waals surface area contributed by atoms with Gasteiger partial charge in [-0.25, -0.2) is 0 Å². The molecule has 0 saturated heterocycles. The number of nitrogens with one attached hydrogen (secondary N) is 1. The highest BCUT2D eigenvalue weighted by Crippen LogP contribution is 2.23. The van der Waals surface area contributed by atoms with Crippen molar-refractivity contribution in [3.05, 3.63) is 58.6 Å². The molecule has 0 atom stereocenters. The topological polar surface area (TPSA) is 56.2 Å². The molecule has 1 N–H and O–H groups in total. The molecule has 0 saturated carbocycles. The summed E-state index contributed by atoms with van der Waals surface area (Å²) < 4.78 is 7.31. The Bertz CT molecular complexity index is 829. The molecular weight excluding hydrogens is 358 g/mol. The lowest BCUT2D eigenvalue weighted by Crippen LogP contribution is -2.31. The monoisotopic (exact) mass is 375 g/mol. The molecule has 0 aliphatic carbocycles. The van der Waals surface area contributed by atoms with Crippen LogP contribution >= 0.6 is 22.9 Å². The first kappa shape index (κ1) is 17.5. The molecule has 0 bridgehead atoms. The molecule has 1 amide bonds. The van der Waals surface area contributed by atoms with Gasteiger partial charge in [0.25, 0.3) is 5.91 Å². The average molecular weight is 376 g/mol. The van der Waals surface area contributed by atoms with E-state index in [0.717, 1.165) is 16.3 Å². The summed E-state index contributed by atoms with van der Waals surface area (Å²) in [5, 5.41) is 10.1. The lowest BCUT2D eigenvalue weighted by atomic mass is 10.3. The van der Waals surface area contributed by atoms with E-state index < -0.39 is 0 Å². The number of ether oxygens (including phenoxy) is 1. The molecule has 130 valence electrons. The lowest BCUT2D eigenvalue weighted by molar-refractivity contribution is -0.123. The molecule has 0 spiro atoms. The van der Waals surface area contributed by atoms with Gasteiger partial charge >= 0.3 is 0 Å². The second kappa shape index (κ2) is 8.18. The Labute approximate surface area is 155 Å². The van der Waals surface area contributed by atoms with Gasteiger partial charge in [-0.1, -0.05) is 17.7 Å². The molecule has 25 heavy (non-hydrogen) atoms. The van der Waals surface area contributed by atoms with Gasteiger partial charge in [0.2, 0.25) is 0 Å². The van der Waals surface area contributed by atoms with Crippen LogP contribution in [0.25, 0.3) is 10.6 Å². The Balaban J connectivity index is 1.44. The van der Waals surface area contributed by atoms with Crippen LogP contribution in [0.1, 0.15) is 5.69 Å². The summed E-state index contributed by atoms with van der Waals surface area (Å²) in [6.07, 6.45) is 0. The van der Waals surface area contributed by atoms with Gasteiger partial charge in [0.1, 0.15) is 11.4 Å². The molecule has 2 aromatic heterocycles. The fraction of sp³-hybridized carbons (Fsp3) is 0.222. The number of nitrogens with zero attached hydrogens (tertiary/aromatic N) is 2. The number of benzene rings is 1. The predicted octanol–water partition coefficient (Wildman–Crippen LogP) is 3.77. The van der Waals surface area contributed by atoms with Gasteiger partial charge in [-0.05, 0) is 48.7 Å². The zero-order valence-corrected chi connectivity index (χ0v) is 15.3. The van der Waals surface area contributed by atoms with Crippen molar-refractivity contribution < 1.29 is 9.53 Å². The van der Waals surface area contributed by atoms with E-state index in [4.69, 9.17) is 16.3 Å². The van der Waals surface area contributed by atoms with Crippen molar-refractivity contribution in [2.24, 2.45) is 0 Å². The molecule has 3 aromatic rings. The fourth-order valence-electron chi connectivity index (χ4n) is 2.31. The van der Waals surface area contributed by atoms with Gasteiger partial charge in [-0.15, -0.1) is 11.3 Å². The third-order valence-corrected chi connectivity index (χ3v) is 4.73. The van der Waals surface area contributed by atoms with E-state index in [1.54, 1.807) is 35.6 Å². The molecule has 0 fully saturated rings. The number of carbonyl (C=O) groups excluding carboxylic acids is 1. The van der Waals surface area contributed by atoms with Crippen LogP contribution in [-0.2, 0) is 11.3 Å². The molecular formula is C18H18ClN3O2S. The quantitative estimate of drug-likeness (QED) is 0.683. The number of hydrogen-bond donors (Lipinski definition) is 1. The van der Waals surface area contributed by atoms with Gasteiger partial charge in [0.15, 0.2) is 6.61 Å². The maximum absolute atomic E-state index is 11.9. The van der Waals surface area contributed by atoms with E-state index in [1.165, 1.54) is 0 Å². The van der Waals surface area contributed by atoms with Crippen LogP contribution in [0.4, 0.5) is 0 Å². The highest BCUT2D eigenvalue weighted by atomic mass is 35.5. The number of aryl methyl sites for hydroxylation is 1. The standard InChI is InChI=1S/C18H18ClN3O2S/c1-13-11-16(17-3-2-10-25-17)21-22(13)9-8-20-18(23)12-24-15-6-4-14(19)5-7-15/h2-7,10-11H,8-9,12H2,1H3,(H,20,23). The summed E-state index contributed by atoms with van der Waals surface area (Å²) in [4.78, 5) is 13.0. The van der Waals surface area contributed by atoms with Gasteiger partial charge < -0.3 is 10.1 Å². The molecule has 5 nitrogen and oxygen atoms in total. The number of carbonyl (C=O) groups is 1. The van der Waals surface area contributed by atoms with Crippen LogP contribution in [0.15, 0.2) is 47.8 Å². The molecule has 2 heterocycles. The van der Waals surface area contributed by atoms with E-state index in [1.807, 2.05) is 29.1 Å². The molecule has 0 aliphatic heterocycles. The number of halogens is 1. The van der Waals surface area contributed by atoms with Crippen LogP contribution in [0.2, 0.25) is 5.02 Å². The number of thiophene rings is 1. The van der Waals surface area contributed by atoms with Crippen LogP contribution in [0.5, 0.6) is 5.75 Å². The van der Waals surface area contributed by atoms with Crippen LogP contribution < -0.4 is 10.1 Å². The molecule has 3 rings (SSSR count). The molecule has 0 aliphatic rings. The predicted molar refractivity (Wildman–Crippen MR) is 100 cm³/mol. The number of rotatable bonds is 7. The van der Waals surface area contributed by atoms with Crippen molar-refractivity contribution in [3.63, 3.8) is 0 Å². The Morgan fingerprint density at radius 1 is 1.32 bits per heavy atom. The summed E-state index contributed by atoms with van der Waals surface area (Å²) in [6, 6.07) is 13.0. The minimum Gasteiger partial charge on any atom is -0.484 e. The summed E-state index contributed by atoms with van der Waals surface area (Å²) in [6.45, 7) is 3.09. The van der Waals surface area contributed by atoms with Crippen LogP contribution in [0, 0.1) is 6.92 Å². The van der Waals surface area contributed by atoms with E-state index in [0.29, 0.717) is 23.9 Å². The normalized spacial score (nSPS) is 10.6. The highest BCUT2D eigenvalue weighted by Gasteiger charge is 2.08. The van der Waals surface area contributed by atoms with E-state index >= 15 is 0 Å². The van der Waals surface area contributed by atoms with Crippen molar-refractivity contribution in [3.8, 4) is 16.3 Å². The zero-order chi connectivity index (χ0) is 17.6. The third kappa shape index (κ3) is 4.84. The second-order valence-electron chi connectivity index (χ2n) is 5.46. The van der Waals surface area contributed by atoms with Gasteiger partial charge in [-0.3, -0.25) is 9.48 Å². The number of amides is 1. The summed E-state index contributed by atoms with van der Waals surface area (Å²) >= 11 is 7.47. The van der Waals surface area contributed by atoms with Crippen LogP contribution in [0.3, 0.4) is 0 Å². The second-order valence-corrected chi connectivity index (χ2v) is 6.85.